The molecule has 0 amide bonds. The van der Waals surface area contributed by atoms with Gasteiger partial charge in [0.2, 0.25) is 0 Å². The van der Waals surface area contributed by atoms with Crippen molar-refractivity contribution in [3.05, 3.63) is 29.3 Å². The molecule has 0 aromatic heterocycles. The average Bonchev–Trinajstić information content (AvgIpc) is 3.07. The number of hydrogen-bond donors (Lipinski definition) is 2. The Bertz CT molecular complexity index is 859. The molecule has 35 heavy (non-hydrogen) atoms. The van der Waals surface area contributed by atoms with Crippen LogP contribution in [0.3, 0.4) is 0 Å². The first-order valence-corrected chi connectivity index (χ1v) is 13.1. The lowest BCUT2D eigenvalue weighted by molar-refractivity contribution is -0.139. The maximum Gasteiger partial charge on any atom is 0.509 e. The molecular weight excluding hydrogens is 448 g/mol. The minimum atomic E-state index is -0.991. The van der Waals surface area contributed by atoms with Crippen LogP contribution in [0.5, 0.6) is 5.75 Å². The summed E-state index contributed by atoms with van der Waals surface area (Å²) in [6, 6.07) is 5.83. The van der Waals surface area contributed by atoms with E-state index in [4.69, 9.17) is 19.3 Å². The number of carbonyl (C=O) groups excluding carboxylic acids is 1. The van der Waals surface area contributed by atoms with Crippen LogP contribution in [0.1, 0.15) is 83.8 Å². The number of aliphatic hydroxyl groups excluding tert-OH is 1. The number of ether oxygens (including phenoxy) is 3. The number of carboxylic acid groups (broad SMARTS) is 1. The number of fused-ring (bicyclic) bond motifs is 2. The van der Waals surface area contributed by atoms with Gasteiger partial charge in [0.05, 0.1) is 6.10 Å². The molecule has 0 radical (unpaired) electrons. The molecule has 0 aliphatic heterocycles. The molecule has 3 rings (SSSR count). The van der Waals surface area contributed by atoms with E-state index in [0.29, 0.717) is 24.0 Å². The van der Waals surface area contributed by atoms with E-state index >= 15 is 0 Å². The molecule has 2 N–H and O–H groups in total. The van der Waals surface area contributed by atoms with Crippen LogP contribution in [0, 0.1) is 17.8 Å². The number of aliphatic carboxylic acids is 1. The second-order valence-corrected chi connectivity index (χ2v) is 11.2. The predicted octanol–water partition coefficient (Wildman–Crippen LogP) is 5.54. The first kappa shape index (κ1) is 27.3. The van der Waals surface area contributed by atoms with Gasteiger partial charge in [0.1, 0.15) is 17.5 Å². The summed E-state index contributed by atoms with van der Waals surface area (Å²) in [6.45, 7) is 7.28. The fraction of sp³-hybridized carbons (Fsp3) is 0.714. The monoisotopic (exact) mass is 490 g/mol. The number of carbonyl (C=O) groups is 2. The van der Waals surface area contributed by atoms with E-state index in [9.17, 15) is 14.7 Å². The smallest absolute Gasteiger partial charge is 0.482 e. The van der Waals surface area contributed by atoms with Crippen molar-refractivity contribution in [2.45, 2.75) is 103 Å². The zero-order valence-electron chi connectivity index (χ0n) is 21.6. The van der Waals surface area contributed by atoms with Crippen LogP contribution in [-0.4, -0.2) is 46.8 Å². The maximum absolute atomic E-state index is 12.3. The molecule has 7 nitrogen and oxygen atoms in total. The second kappa shape index (κ2) is 12.1. The summed E-state index contributed by atoms with van der Waals surface area (Å²) in [4.78, 5) is 23.3. The molecule has 1 saturated carbocycles. The van der Waals surface area contributed by atoms with Crippen LogP contribution >= 0.6 is 0 Å². The molecular formula is C28H42O7. The Morgan fingerprint density at radius 3 is 2.60 bits per heavy atom. The molecule has 1 fully saturated rings. The summed E-state index contributed by atoms with van der Waals surface area (Å²) in [5.74, 6) is 0.484. The van der Waals surface area contributed by atoms with Gasteiger partial charge in [-0.2, -0.15) is 0 Å². The van der Waals surface area contributed by atoms with Crippen molar-refractivity contribution >= 4 is 12.1 Å². The Morgan fingerprint density at radius 1 is 1.14 bits per heavy atom. The third kappa shape index (κ3) is 7.86. The van der Waals surface area contributed by atoms with Gasteiger partial charge in [-0.25, -0.2) is 9.59 Å². The first-order chi connectivity index (χ1) is 16.6. The van der Waals surface area contributed by atoms with Crippen molar-refractivity contribution in [1.82, 2.24) is 0 Å². The van der Waals surface area contributed by atoms with Crippen molar-refractivity contribution < 1.29 is 34.0 Å². The maximum atomic E-state index is 12.3. The third-order valence-electron chi connectivity index (χ3n) is 7.30. The van der Waals surface area contributed by atoms with Gasteiger partial charge in [-0.05, 0) is 101 Å². The fourth-order valence-corrected chi connectivity index (χ4v) is 5.75. The van der Waals surface area contributed by atoms with Gasteiger partial charge in [0, 0.05) is 0 Å². The van der Waals surface area contributed by atoms with Crippen molar-refractivity contribution in [3.8, 4) is 5.75 Å². The standard InChI is InChI=1S/C28H42O7/c1-5-6-7-10-20(34-27(32)35-28(2,3)4)12-13-21-22-14-18-9-8-11-25(33-17-26(30)31)23(18)15-19(22)16-24(21)29/h8-9,11,19-22,24,29H,5-7,10,12-17H2,1-4H3,(H,30,31)/t19-,20-,21+,22-,24+/m0/s1. The largest absolute Gasteiger partial charge is 0.509 e. The lowest BCUT2D eigenvalue weighted by Crippen LogP contribution is -2.30. The number of hydrogen-bond acceptors (Lipinski definition) is 6. The van der Waals surface area contributed by atoms with Crippen LogP contribution < -0.4 is 4.74 Å². The highest BCUT2D eigenvalue weighted by molar-refractivity contribution is 5.68. The molecule has 2 aliphatic carbocycles. The van der Waals surface area contributed by atoms with E-state index in [1.807, 2.05) is 32.9 Å². The Labute approximate surface area is 209 Å². The Kier molecular flexibility index (Phi) is 9.45. The molecule has 1 aromatic rings. The molecule has 0 spiro atoms. The van der Waals surface area contributed by atoms with Gasteiger partial charge in [0.25, 0.3) is 0 Å². The topological polar surface area (TPSA) is 102 Å². The molecule has 0 bridgehead atoms. The molecule has 7 heteroatoms. The second-order valence-electron chi connectivity index (χ2n) is 11.2. The molecule has 2 aliphatic rings. The highest BCUT2D eigenvalue weighted by atomic mass is 16.7. The van der Waals surface area contributed by atoms with Gasteiger partial charge in [-0.1, -0.05) is 31.9 Å². The summed E-state index contributed by atoms with van der Waals surface area (Å²) in [7, 11) is 0. The Morgan fingerprint density at radius 2 is 1.91 bits per heavy atom. The summed E-state index contributed by atoms with van der Waals surface area (Å²) < 4.78 is 16.6. The number of carboxylic acids is 1. The van der Waals surface area contributed by atoms with Gasteiger partial charge in [0.15, 0.2) is 6.61 Å². The molecule has 0 saturated heterocycles. The molecule has 5 atom stereocenters. The van der Waals surface area contributed by atoms with E-state index in [-0.39, 0.29) is 24.7 Å². The zero-order valence-corrected chi connectivity index (χ0v) is 21.6. The van der Waals surface area contributed by atoms with Crippen LogP contribution in [-0.2, 0) is 27.1 Å². The van der Waals surface area contributed by atoms with Crippen LogP contribution in [0.2, 0.25) is 0 Å². The Hall–Kier alpha value is -2.28. The predicted molar refractivity (Wildman–Crippen MR) is 133 cm³/mol. The zero-order chi connectivity index (χ0) is 25.6. The minimum absolute atomic E-state index is 0.146. The lowest BCUT2D eigenvalue weighted by Gasteiger charge is -2.33. The highest BCUT2D eigenvalue weighted by Crippen LogP contribution is 2.48. The summed E-state index contributed by atoms with van der Waals surface area (Å²) in [5, 5.41) is 19.9. The Balaban J connectivity index is 1.65. The number of benzene rings is 1. The third-order valence-corrected chi connectivity index (χ3v) is 7.30. The fourth-order valence-electron chi connectivity index (χ4n) is 5.75. The van der Waals surface area contributed by atoms with Crippen LogP contribution in [0.15, 0.2) is 18.2 Å². The van der Waals surface area contributed by atoms with E-state index in [1.54, 1.807) is 0 Å². The summed E-state index contributed by atoms with van der Waals surface area (Å²) >= 11 is 0. The van der Waals surface area contributed by atoms with E-state index in [0.717, 1.165) is 56.9 Å². The quantitative estimate of drug-likeness (QED) is 0.310. The summed E-state index contributed by atoms with van der Waals surface area (Å²) in [6.07, 6.45) is 6.64. The average molecular weight is 491 g/mol. The molecule has 0 heterocycles. The van der Waals surface area contributed by atoms with Gasteiger partial charge in [-0.15, -0.1) is 0 Å². The van der Waals surface area contributed by atoms with E-state index < -0.39 is 17.7 Å². The molecule has 0 unspecified atom stereocenters. The van der Waals surface area contributed by atoms with Gasteiger partial charge >= 0.3 is 12.1 Å². The normalized spacial score (nSPS) is 24.3. The number of aliphatic hydroxyl groups is 1. The molecule has 1 aromatic carbocycles. The van der Waals surface area contributed by atoms with Crippen molar-refractivity contribution in [2.75, 3.05) is 6.61 Å². The first-order valence-electron chi connectivity index (χ1n) is 13.1. The minimum Gasteiger partial charge on any atom is -0.482 e. The van der Waals surface area contributed by atoms with Crippen LogP contribution in [0.25, 0.3) is 0 Å². The van der Waals surface area contributed by atoms with E-state index in [2.05, 4.69) is 13.0 Å². The van der Waals surface area contributed by atoms with Crippen molar-refractivity contribution in [1.29, 1.82) is 0 Å². The number of rotatable bonds is 11. The highest BCUT2D eigenvalue weighted by Gasteiger charge is 2.45. The SMILES string of the molecule is CCCCC[C@@H](CC[C@@H]1[C@H]2Cc3cccc(OCC(=O)O)c3C[C@H]2C[C@H]1O)OC(=O)OC(C)(C)C. The van der Waals surface area contributed by atoms with Crippen molar-refractivity contribution in [3.63, 3.8) is 0 Å². The van der Waals surface area contributed by atoms with Gasteiger partial charge in [-0.3, -0.25) is 0 Å². The number of unbranched alkanes of at least 4 members (excludes halogenated alkanes) is 2. The van der Waals surface area contributed by atoms with Crippen molar-refractivity contribution in [2.24, 2.45) is 17.8 Å². The van der Waals surface area contributed by atoms with Crippen LogP contribution in [0.4, 0.5) is 4.79 Å². The summed E-state index contributed by atoms with van der Waals surface area (Å²) in [5.41, 5.74) is 1.66. The lowest BCUT2D eigenvalue weighted by atomic mass is 9.73. The molecule has 196 valence electrons. The van der Waals surface area contributed by atoms with Gasteiger partial charge < -0.3 is 24.4 Å². The van der Waals surface area contributed by atoms with E-state index in [1.165, 1.54) is 5.56 Å².